The third-order valence-electron chi connectivity index (χ3n) is 8.75. The molecule has 0 aliphatic heterocycles. The van der Waals surface area contributed by atoms with Crippen molar-refractivity contribution in [2.45, 2.75) is 107 Å². The summed E-state index contributed by atoms with van der Waals surface area (Å²) in [6.45, 7) is 22.9. The number of carboxylic acid groups (broad SMARTS) is 1. The van der Waals surface area contributed by atoms with Gasteiger partial charge in [-0.2, -0.15) is 4.39 Å². The van der Waals surface area contributed by atoms with Gasteiger partial charge >= 0.3 is 5.97 Å². The van der Waals surface area contributed by atoms with Gasteiger partial charge in [0.15, 0.2) is 11.3 Å². The monoisotopic (exact) mass is 684 g/mol. The van der Waals surface area contributed by atoms with Gasteiger partial charge in [-0.15, -0.1) is 0 Å². The Labute approximate surface area is 289 Å². The van der Waals surface area contributed by atoms with Crippen LogP contribution in [0.1, 0.15) is 127 Å². The maximum absolute atomic E-state index is 14.1. The van der Waals surface area contributed by atoms with E-state index in [-0.39, 0.29) is 33.5 Å². The largest absolute Gasteiger partial charge is 0.478 e. The van der Waals surface area contributed by atoms with Crippen LogP contribution in [-0.2, 0) is 5.41 Å². The fourth-order valence-corrected chi connectivity index (χ4v) is 5.31. The number of unbranched alkanes of at least 4 members (excludes halogenated alkanes) is 1. The lowest BCUT2D eigenvalue weighted by Gasteiger charge is -2.35. The van der Waals surface area contributed by atoms with Gasteiger partial charge in [0.05, 0.1) is 10.7 Å². The molecular weight excluding hydrogens is 634 g/mol. The van der Waals surface area contributed by atoms with E-state index in [1.165, 1.54) is 37.1 Å². The molecule has 262 valence electrons. The molecule has 6 nitrogen and oxygen atoms in total. The Morgan fingerprint density at radius 2 is 1.54 bits per heavy atom. The minimum absolute atomic E-state index is 0.0105. The number of pyridine rings is 2. The Kier molecular flexibility index (Phi) is 14.5. The average Bonchev–Trinajstić information content (AvgIpc) is 3.44. The number of hydrogen-bond donors (Lipinski definition) is 1. The molecule has 1 aromatic carbocycles. The van der Waals surface area contributed by atoms with Crippen LogP contribution in [0, 0.1) is 35.9 Å². The molecule has 0 bridgehead atoms. The maximum atomic E-state index is 14.1. The smallest absolute Gasteiger partial charge is 0.340 e. The molecule has 1 N–H and O–H groups in total. The number of nitrogens with zero attached hydrogens (tertiary/aromatic N) is 2. The van der Waals surface area contributed by atoms with E-state index in [1.54, 1.807) is 19.1 Å². The van der Waals surface area contributed by atoms with Crippen molar-refractivity contribution in [3.8, 4) is 11.3 Å². The Balaban J connectivity index is 0.000000441. The fraction of sp³-hybridized carbons (Fsp3) is 0.487. The lowest BCUT2D eigenvalue weighted by molar-refractivity contribution is 0.0690. The molecule has 0 saturated heterocycles. The highest BCUT2D eigenvalue weighted by atomic mass is 35.5. The lowest BCUT2D eigenvalue weighted by atomic mass is 9.69. The van der Waals surface area contributed by atoms with Crippen molar-refractivity contribution in [1.29, 1.82) is 0 Å². The molecule has 9 heteroatoms. The number of furan rings is 1. The van der Waals surface area contributed by atoms with E-state index in [0.717, 1.165) is 18.4 Å². The van der Waals surface area contributed by atoms with Crippen LogP contribution < -0.4 is 0 Å². The van der Waals surface area contributed by atoms with Crippen LogP contribution in [0.15, 0.2) is 46.9 Å². The molecule has 48 heavy (non-hydrogen) atoms. The number of rotatable bonds is 9. The lowest BCUT2D eigenvalue weighted by Crippen LogP contribution is -2.31. The van der Waals surface area contributed by atoms with Crippen LogP contribution in [0.5, 0.6) is 0 Å². The molecular formula is C39H51ClF2N2O4. The summed E-state index contributed by atoms with van der Waals surface area (Å²) in [5, 5.41) is 8.45. The van der Waals surface area contributed by atoms with Crippen LogP contribution in [0.4, 0.5) is 8.78 Å². The zero-order valence-corrected chi connectivity index (χ0v) is 31.0. The summed E-state index contributed by atoms with van der Waals surface area (Å²) < 4.78 is 32.9. The summed E-state index contributed by atoms with van der Waals surface area (Å²) in [7, 11) is 0. The van der Waals surface area contributed by atoms with Gasteiger partial charge in [0.1, 0.15) is 16.9 Å². The van der Waals surface area contributed by atoms with Crippen molar-refractivity contribution in [1.82, 2.24) is 9.97 Å². The minimum atomic E-state index is -1.30. The Morgan fingerprint density at radius 3 is 2.04 bits per heavy atom. The molecule has 4 aromatic rings. The van der Waals surface area contributed by atoms with Crippen molar-refractivity contribution >= 4 is 34.5 Å². The molecule has 0 aliphatic carbocycles. The number of fused-ring (bicyclic) bond motifs is 1. The van der Waals surface area contributed by atoms with Crippen LogP contribution in [0.3, 0.4) is 0 Å². The number of benzene rings is 1. The average molecular weight is 685 g/mol. The van der Waals surface area contributed by atoms with Gasteiger partial charge in [-0.1, -0.05) is 106 Å². The van der Waals surface area contributed by atoms with E-state index < -0.39 is 23.3 Å². The first kappa shape index (κ1) is 40.5. The number of ketones is 1. The molecule has 0 spiro atoms. The Morgan fingerprint density at radius 1 is 0.917 bits per heavy atom. The van der Waals surface area contributed by atoms with E-state index in [1.807, 2.05) is 13.0 Å². The number of halogens is 3. The molecule has 0 fully saturated rings. The topological polar surface area (TPSA) is 93.3 Å². The third-order valence-corrected chi connectivity index (χ3v) is 9.06. The standard InChI is InChI=1S/C28H35ClFNO2.C7H6FNO2.C4H10/c1-9-12-28(7,8)17(3)16(2)25(32)24-15-23-26(33-24)19(27(4,5)6)14-22(31-23)18-10-11-20(29)21(30)13-18;1-4-2-3-5(7(10)11)6(8)9-4;1-3-4-2/h10-11,13-17H,9,12H2,1-8H3;2-3H,1H3,(H,10,11);3-4H2,1-2H3. The summed E-state index contributed by atoms with van der Waals surface area (Å²) in [5.74, 6) is -2.39. The second-order valence-corrected chi connectivity index (χ2v) is 14.4. The summed E-state index contributed by atoms with van der Waals surface area (Å²) in [5.41, 5.74) is 3.24. The molecule has 0 aliphatic rings. The van der Waals surface area contributed by atoms with E-state index in [2.05, 4.69) is 67.3 Å². The number of aromatic carboxylic acids is 1. The molecule has 0 amide bonds. The van der Waals surface area contributed by atoms with Gasteiger partial charge in [0.25, 0.3) is 0 Å². The minimum Gasteiger partial charge on any atom is -0.478 e. The fourth-order valence-electron chi connectivity index (χ4n) is 5.19. The first-order chi connectivity index (χ1) is 22.3. The molecule has 4 rings (SSSR count). The van der Waals surface area contributed by atoms with E-state index in [4.69, 9.17) is 26.1 Å². The number of aryl methyl sites for hydroxylation is 1. The van der Waals surface area contributed by atoms with Gasteiger partial charge in [-0.3, -0.25) is 4.79 Å². The SMILES string of the molecule is CCCC.CCCC(C)(C)C(C)C(C)C(=O)c1cc2nc(-c3ccc(Cl)c(F)c3)cc(C(C)(C)C)c2o1.Cc1ccc(C(=O)O)c(F)n1. The van der Waals surface area contributed by atoms with Crippen LogP contribution in [0.2, 0.25) is 5.02 Å². The van der Waals surface area contributed by atoms with Gasteiger partial charge in [0.2, 0.25) is 11.7 Å². The molecule has 2 atom stereocenters. The van der Waals surface area contributed by atoms with Gasteiger partial charge in [0, 0.05) is 28.8 Å². The van der Waals surface area contributed by atoms with Crippen LogP contribution >= 0.6 is 11.6 Å². The second-order valence-electron chi connectivity index (χ2n) is 14.0. The van der Waals surface area contributed by atoms with E-state index >= 15 is 0 Å². The zero-order valence-electron chi connectivity index (χ0n) is 30.2. The Bertz CT molecular complexity index is 1710. The third kappa shape index (κ3) is 10.4. The number of carbonyl (C=O) groups is 2. The highest BCUT2D eigenvalue weighted by Gasteiger charge is 2.35. The van der Waals surface area contributed by atoms with Crippen LogP contribution in [-0.4, -0.2) is 26.8 Å². The first-order valence-electron chi connectivity index (χ1n) is 16.6. The molecule has 2 unspecified atom stereocenters. The van der Waals surface area contributed by atoms with E-state index in [0.29, 0.717) is 33.8 Å². The number of hydrogen-bond acceptors (Lipinski definition) is 5. The molecule has 0 radical (unpaired) electrons. The van der Waals surface area contributed by atoms with Crippen molar-refractivity contribution in [2.24, 2.45) is 17.3 Å². The van der Waals surface area contributed by atoms with Crippen molar-refractivity contribution in [3.05, 3.63) is 81.8 Å². The van der Waals surface area contributed by atoms with Crippen molar-refractivity contribution < 1.29 is 27.9 Å². The van der Waals surface area contributed by atoms with Gasteiger partial charge in [-0.25, -0.2) is 19.2 Å². The number of carbonyl (C=O) groups excluding carboxylic acids is 1. The number of aromatic nitrogens is 2. The van der Waals surface area contributed by atoms with Gasteiger partial charge < -0.3 is 9.52 Å². The van der Waals surface area contributed by atoms with E-state index in [9.17, 15) is 18.4 Å². The zero-order chi connectivity index (χ0) is 36.6. The van der Waals surface area contributed by atoms with Crippen LogP contribution in [0.25, 0.3) is 22.4 Å². The summed E-state index contributed by atoms with van der Waals surface area (Å²) in [6.07, 6.45) is 4.78. The molecule has 0 saturated carbocycles. The second kappa shape index (κ2) is 17.1. The predicted octanol–water partition coefficient (Wildman–Crippen LogP) is 11.9. The summed E-state index contributed by atoms with van der Waals surface area (Å²) in [4.78, 5) is 31.7. The van der Waals surface area contributed by atoms with Crippen molar-refractivity contribution in [2.75, 3.05) is 0 Å². The highest BCUT2D eigenvalue weighted by Crippen LogP contribution is 2.39. The molecule has 3 heterocycles. The maximum Gasteiger partial charge on any atom is 0.340 e. The quantitative estimate of drug-likeness (QED) is 0.139. The van der Waals surface area contributed by atoms with Gasteiger partial charge in [-0.05, 0) is 60.4 Å². The number of Topliss-reactive ketones (excluding diaryl/α,β-unsaturated/α-hetero) is 1. The normalized spacial score (nSPS) is 12.8. The highest BCUT2D eigenvalue weighted by molar-refractivity contribution is 6.30. The van der Waals surface area contributed by atoms with Crippen molar-refractivity contribution in [3.63, 3.8) is 0 Å². The predicted molar refractivity (Wildman–Crippen MR) is 191 cm³/mol. The number of carboxylic acids is 1. The first-order valence-corrected chi connectivity index (χ1v) is 17.0. The summed E-state index contributed by atoms with van der Waals surface area (Å²) >= 11 is 5.86. The summed E-state index contributed by atoms with van der Waals surface area (Å²) in [6, 6.07) is 11.0. The molecule has 3 aromatic heterocycles. The Hall–Kier alpha value is -3.65.